The summed E-state index contributed by atoms with van der Waals surface area (Å²) < 4.78 is 11.5. The number of hydrogen-bond donors (Lipinski definition) is 1. The van der Waals surface area contributed by atoms with Crippen LogP contribution in [0.15, 0.2) is 63.9 Å². The van der Waals surface area contributed by atoms with Crippen LogP contribution < -0.4 is 4.74 Å². The summed E-state index contributed by atoms with van der Waals surface area (Å²) in [6, 6.07) is 15.6. The second-order valence-electron chi connectivity index (χ2n) is 7.54. The molecule has 0 atom stereocenters. The third-order valence-corrected chi connectivity index (χ3v) is 5.99. The molecule has 0 unspecified atom stereocenters. The van der Waals surface area contributed by atoms with E-state index in [1.165, 1.54) is 18.2 Å². The molecule has 1 aromatic heterocycles. The molecule has 0 radical (unpaired) electrons. The number of carbonyl (C=O) groups is 3. The van der Waals surface area contributed by atoms with E-state index < -0.39 is 11.9 Å². The van der Waals surface area contributed by atoms with Crippen molar-refractivity contribution in [3.63, 3.8) is 0 Å². The molecule has 33 heavy (non-hydrogen) atoms. The summed E-state index contributed by atoms with van der Waals surface area (Å²) in [5.74, 6) is 0.153. The predicted octanol–water partition coefficient (Wildman–Crippen LogP) is 5.38. The van der Waals surface area contributed by atoms with Gasteiger partial charge < -0.3 is 14.3 Å². The second-order valence-corrected chi connectivity index (χ2v) is 8.53. The van der Waals surface area contributed by atoms with Crippen molar-refractivity contribution in [1.29, 1.82) is 0 Å². The number of furan rings is 1. The summed E-state index contributed by atoms with van der Waals surface area (Å²) in [5, 5.41) is 8.79. The molecule has 0 aliphatic carbocycles. The zero-order valence-corrected chi connectivity index (χ0v) is 18.8. The molecule has 1 aliphatic rings. The third-order valence-electron chi connectivity index (χ3n) is 5.08. The van der Waals surface area contributed by atoms with Gasteiger partial charge in [0.15, 0.2) is 0 Å². The summed E-state index contributed by atoms with van der Waals surface area (Å²) in [4.78, 5) is 37.7. The monoisotopic (exact) mass is 463 g/mol. The molecule has 1 aliphatic heterocycles. The van der Waals surface area contributed by atoms with E-state index in [2.05, 4.69) is 0 Å². The molecule has 4 rings (SSSR count). The van der Waals surface area contributed by atoms with Crippen molar-refractivity contribution in [3.05, 3.63) is 82.0 Å². The molecule has 7 nitrogen and oxygen atoms in total. The number of imide groups is 1. The number of thioether (sulfide) groups is 1. The first-order chi connectivity index (χ1) is 15.8. The van der Waals surface area contributed by atoms with Crippen molar-refractivity contribution in [2.45, 2.75) is 13.8 Å². The lowest BCUT2D eigenvalue weighted by atomic mass is 10.1. The normalized spacial score (nSPS) is 14.8. The fraction of sp³-hybridized carbons (Fsp3) is 0.160. The molecule has 0 spiro atoms. The average molecular weight is 464 g/mol. The van der Waals surface area contributed by atoms with Gasteiger partial charge in [-0.25, -0.2) is 4.79 Å². The zero-order chi connectivity index (χ0) is 23.5. The number of aryl methyl sites for hydroxylation is 2. The highest BCUT2D eigenvalue weighted by molar-refractivity contribution is 8.18. The minimum Gasteiger partial charge on any atom is -0.491 e. The third kappa shape index (κ3) is 5.01. The smallest absolute Gasteiger partial charge is 0.335 e. The highest BCUT2D eigenvalue weighted by Gasteiger charge is 2.35. The van der Waals surface area contributed by atoms with E-state index in [0.29, 0.717) is 17.1 Å². The molecule has 0 bridgehead atoms. The molecule has 1 saturated heterocycles. The van der Waals surface area contributed by atoms with Crippen LogP contribution in [0.4, 0.5) is 4.79 Å². The van der Waals surface area contributed by atoms with Crippen LogP contribution in [0.1, 0.15) is 27.2 Å². The predicted molar refractivity (Wildman–Crippen MR) is 125 cm³/mol. The van der Waals surface area contributed by atoms with Gasteiger partial charge in [-0.3, -0.25) is 14.5 Å². The first-order valence-electron chi connectivity index (χ1n) is 10.2. The van der Waals surface area contributed by atoms with E-state index in [0.717, 1.165) is 33.5 Å². The van der Waals surface area contributed by atoms with Gasteiger partial charge in [0.25, 0.3) is 11.1 Å². The van der Waals surface area contributed by atoms with Crippen LogP contribution in [-0.4, -0.2) is 40.3 Å². The van der Waals surface area contributed by atoms with E-state index in [4.69, 9.17) is 14.3 Å². The standard InChI is InChI=1S/C25H21NO6S/c1-15-6-7-16(2)21(12-15)31-11-10-26-23(27)22(33-25(26)30)14-19-8-9-20(32-19)17-4-3-5-18(13-17)24(28)29/h3-9,12-14H,10-11H2,1-2H3,(H,28,29)/b22-14-. The van der Waals surface area contributed by atoms with Crippen LogP contribution in [0.3, 0.4) is 0 Å². The Bertz CT molecular complexity index is 1280. The highest BCUT2D eigenvalue weighted by atomic mass is 32.2. The van der Waals surface area contributed by atoms with Crippen molar-refractivity contribution in [2.75, 3.05) is 13.2 Å². The van der Waals surface area contributed by atoms with Crippen molar-refractivity contribution in [2.24, 2.45) is 0 Å². The Labute approximate surface area is 194 Å². The van der Waals surface area contributed by atoms with E-state index >= 15 is 0 Å². The van der Waals surface area contributed by atoms with E-state index in [1.807, 2.05) is 32.0 Å². The second kappa shape index (κ2) is 9.38. The molecule has 3 aromatic rings. The Morgan fingerprint density at radius 1 is 1.12 bits per heavy atom. The van der Waals surface area contributed by atoms with Gasteiger partial charge >= 0.3 is 5.97 Å². The number of rotatable bonds is 7. The summed E-state index contributed by atoms with van der Waals surface area (Å²) in [7, 11) is 0. The summed E-state index contributed by atoms with van der Waals surface area (Å²) in [6.45, 7) is 4.24. The van der Waals surface area contributed by atoms with Crippen molar-refractivity contribution >= 4 is 35.0 Å². The molecular formula is C25H21NO6S. The number of ether oxygens (including phenoxy) is 1. The topological polar surface area (TPSA) is 97.1 Å². The Morgan fingerprint density at radius 3 is 2.73 bits per heavy atom. The minimum atomic E-state index is -1.03. The highest BCUT2D eigenvalue weighted by Crippen LogP contribution is 2.33. The van der Waals surface area contributed by atoms with Gasteiger partial charge in [0.05, 0.1) is 17.0 Å². The van der Waals surface area contributed by atoms with Crippen molar-refractivity contribution in [1.82, 2.24) is 4.90 Å². The van der Waals surface area contributed by atoms with Crippen molar-refractivity contribution in [3.8, 4) is 17.1 Å². The van der Waals surface area contributed by atoms with Crippen LogP contribution in [0.25, 0.3) is 17.4 Å². The number of carboxylic acid groups (broad SMARTS) is 1. The Morgan fingerprint density at radius 2 is 1.94 bits per heavy atom. The Kier molecular flexibility index (Phi) is 6.37. The molecule has 2 aromatic carbocycles. The number of aromatic carboxylic acids is 1. The molecule has 1 N–H and O–H groups in total. The number of nitrogens with zero attached hydrogens (tertiary/aromatic N) is 1. The Balaban J connectivity index is 1.43. The fourth-order valence-electron chi connectivity index (χ4n) is 3.32. The zero-order valence-electron chi connectivity index (χ0n) is 18.0. The molecule has 1 fully saturated rings. The van der Waals surface area contributed by atoms with E-state index in [1.54, 1.807) is 24.3 Å². The van der Waals surface area contributed by atoms with E-state index in [9.17, 15) is 14.4 Å². The van der Waals surface area contributed by atoms with Gasteiger partial charge in [-0.05, 0) is 67.1 Å². The summed E-state index contributed by atoms with van der Waals surface area (Å²) in [5.41, 5.74) is 2.80. The first kappa shape index (κ1) is 22.4. The van der Waals surface area contributed by atoms with Gasteiger partial charge in [-0.2, -0.15) is 0 Å². The van der Waals surface area contributed by atoms with Crippen LogP contribution in [0, 0.1) is 13.8 Å². The largest absolute Gasteiger partial charge is 0.491 e. The lowest BCUT2D eigenvalue weighted by Gasteiger charge is -2.14. The lowest BCUT2D eigenvalue weighted by molar-refractivity contribution is -0.123. The molecule has 8 heteroatoms. The van der Waals surface area contributed by atoms with E-state index in [-0.39, 0.29) is 28.9 Å². The minimum absolute atomic E-state index is 0.140. The SMILES string of the molecule is Cc1ccc(C)c(OCCN2C(=O)S/C(=C\c3ccc(-c4cccc(C(=O)O)c4)o3)C2=O)c1. The molecule has 2 amide bonds. The number of carbonyl (C=O) groups excluding carboxylic acids is 2. The van der Waals surface area contributed by atoms with Crippen LogP contribution in [-0.2, 0) is 4.79 Å². The average Bonchev–Trinajstić information content (AvgIpc) is 3.36. The number of hydrogen-bond acceptors (Lipinski definition) is 6. The summed E-state index contributed by atoms with van der Waals surface area (Å²) >= 11 is 0.845. The van der Waals surface area contributed by atoms with Crippen LogP contribution in [0.5, 0.6) is 5.75 Å². The molecule has 168 valence electrons. The summed E-state index contributed by atoms with van der Waals surface area (Å²) in [6.07, 6.45) is 1.51. The number of amides is 2. The first-order valence-corrected chi connectivity index (χ1v) is 11.0. The maximum atomic E-state index is 12.7. The van der Waals surface area contributed by atoms with Crippen LogP contribution in [0.2, 0.25) is 0 Å². The maximum absolute atomic E-state index is 12.7. The number of carboxylic acids is 1. The molecular weight excluding hydrogens is 442 g/mol. The van der Waals surface area contributed by atoms with Gasteiger partial charge in [0.1, 0.15) is 23.9 Å². The quantitative estimate of drug-likeness (QED) is 0.470. The molecule has 2 heterocycles. The van der Waals surface area contributed by atoms with Gasteiger partial charge in [-0.15, -0.1) is 0 Å². The fourth-order valence-corrected chi connectivity index (χ4v) is 4.17. The van der Waals surface area contributed by atoms with Gasteiger partial charge in [0.2, 0.25) is 0 Å². The lowest BCUT2D eigenvalue weighted by Crippen LogP contribution is -2.32. The van der Waals surface area contributed by atoms with Gasteiger partial charge in [-0.1, -0.05) is 24.3 Å². The van der Waals surface area contributed by atoms with Gasteiger partial charge in [0, 0.05) is 11.6 Å². The van der Waals surface area contributed by atoms with Crippen molar-refractivity contribution < 1.29 is 28.6 Å². The molecule has 0 saturated carbocycles. The maximum Gasteiger partial charge on any atom is 0.335 e. The Hall–Kier alpha value is -3.78. The number of benzene rings is 2. The van der Waals surface area contributed by atoms with Crippen LogP contribution >= 0.6 is 11.8 Å².